The average molecular weight is 230 g/mol. The van der Waals surface area contributed by atoms with E-state index in [4.69, 9.17) is 11.6 Å². The molecule has 0 aliphatic carbocycles. The van der Waals surface area contributed by atoms with Gasteiger partial charge in [0.05, 0.1) is 0 Å². The SMILES string of the molecule is O=C(CCl)N1CCC(F)C(F)(F)CC1. The van der Waals surface area contributed by atoms with Crippen LogP contribution >= 0.6 is 11.6 Å². The third-order valence-corrected chi connectivity index (χ3v) is 2.52. The molecule has 82 valence electrons. The van der Waals surface area contributed by atoms with Gasteiger partial charge >= 0.3 is 0 Å². The second kappa shape index (κ2) is 4.38. The molecule has 6 heteroatoms. The zero-order valence-corrected chi connectivity index (χ0v) is 8.24. The summed E-state index contributed by atoms with van der Waals surface area (Å²) < 4.78 is 38.5. The fourth-order valence-electron chi connectivity index (χ4n) is 1.37. The minimum atomic E-state index is -3.32. The average Bonchev–Trinajstić information content (AvgIpc) is 2.27. The van der Waals surface area contributed by atoms with Gasteiger partial charge in [0, 0.05) is 25.9 Å². The van der Waals surface area contributed by atoms with Crippen LogP contribution in [0.15, 0.2) is 0 Å². The highest BCUT2D eigenvalue weighted by Crippen LogP contribution is 2.30. The molecule has 14 heavy (non-hydrogen) atoms. The standard InChI is InChI=1S/C8H11ClF3NO/c9-5-7(14)13-3-1-6(10)8(11,12)2-4-13/h6H,1-5H2. The molecule has 1 atom stereocenters. The van der Waals surface area contributed by atoms with Gasteiger partial charge in [-0.3, -0.25) is 4.79 Å². The first-order valence-corrected chi connectivity index (χ1v) is 4.86. The van der Waals surface area contributed by atoms with Gasteiger partial charge in [0.25, 0.3) is 5.92 Å². The van der Waals surface area contributed by atoms with Gasteiger partial charge in [0.2, 0.25) is 5.91 Å². The highest BCUT2D eigenvalue weighted by molar-refractivity contribution is 6.27. The van der Waals surface area contributed by atoms with Crippen molar-refractivity contribution >= 4 is 17.5 Å². The van der Waals surface area contributed by atoms with Crippen LogP contribution in [0.5, 0.6) is 0 Å². The van der Waals surface area contributed by atoms with Crippen molar-refractivity contribution in [1.29, 1.82) is 0 Å². The Balaban J connectivity index is 2.60. The normalized spacial score (nSPS) is 27.1. The van der Waals surface area contributed by atoms with Crippen molar-refractivity contribution in [1.82, 2.24) is 4.90 Å². The molecule has 1 aliphatic heterocycles. The number of carbonyl (C=O) groups excluding carboxylic acids is 1. The van der Waals surface area contributed by atoms with Crippen LogP contribution in [-0.2, 0) is 4.79 Å². The van der Waals surface area contributed by atoms with E-state index in [-0.39, 0.29) is 25.4 Å². The molecule has 1 fully saturated rings. The lowest BCUT2D eigenvalue weighted by Crippen LogP contribution is -2.33. The van der Waals surface area contributed by atoms with E-state index in [0.717, 1.165) is 0 Å². The van der Waals surface area contributed by atoms with Crippen molar-refractivity contribution in [3.05, 3.63) is 0 Å². The van der Waals surface area contributed by atoms with Crippen LogP contribution in [0.1, 0.15) is 12.8 Å². The molecule has 0 bridgehead atoms. The molecule has 0 N–H and O–H groups in total. The minimum absolute atomic E-state index is 0.0162. The van der Waals surface area contributed by atoms with E-state index in [1.165, 1.54) is 4.90 Å². The van der Waals surface area contributed by atoms with Crippen molar-refractivity contribution in [2.75, 3.05) is 19.0 Å². The van der Waals surface area contributed by atoms with Crippen LogP contribution in [0.4, 0.5) is 13.2 Å². The van der Waals surface area contributed by atoms with Crippen LogP contribution in [0.3, 0.4) is 0 Å². The predicted molar refractivity (Wildman–Crippen MR) is 46.4 cm³/mol. The van der Waals surface area contributed by atoms with Crippen LogP contribution in [0.25, 0.3) is 0 Å². The van der Waals surface area contributed by atoms with E-state index in [9.17, 15) is 18.0 Å². The van der Waals surface area contributed by atoms with Crippen LogP contribution in [0.2, 0.25) is 0 Å². The molecule has 0 aromatic carbocycles. The Labute approximate surface area is 85.0 Å². The third kappa shape index (κ3) is 2.53. The van der Waals surface area contributed by atoms with Gasteiger partial charge in [0.15, 0.2) is 6.17 Å². The molecule has 1 aliphatic rings. The maximum Gasteiger partial charge on any atom is 0.280 e. The number of nitrogens with zero attached hydrogens (tertiary/aromatic N) is 1. The summed E-state index contributed by atoms with van der Waals surface area (Å²) in [6.07, 6.45) is -3.11. The van der Waals surface area contributed by atoms with E-state index in [0.29, 0.717) is 0 Å². The number of amides is 1. The minimum Gasteiger partial charge on any atom is -0.341 e. The van der Waals surface area contributed by atoms with Gasteiger partial charge in [-0.25, -0.2) is 13.2 Å². The number of hydrogen-bond acceptors (Lipinski definition) is 1. The molecule has 0 saturated carbocycles. The fraction of sp³-hybridized carbons (Fsp3) is 0.875. The third-order valence-electron chi connectivity index (χ3n) is 2.29. The lowest BCUT2D eigenvalue weighted by atomic mass is 10.1. The Morgan fingerprint density at radius 3 is 2.71 bits per heavy atom. The molecular formula is C8H11ClF3NO. The Hall–Kier alpha value is -0.450. The zero-order valence-electron chi connectivity index (χ0n) is 7.48. The smallest absolute Gasteiger partial charge is 0.280 e. The summed E-state index contributed by atoms with van der Waals surface area (Å²) in [6.45, 7) is -0.110. The highest BCUT2D eigenvalue weighted by atomic mass is 35.5. The predicted octanol–water partition coefficient (Wildman–Crippen LogP) is 1.82. The van der Waals surface area contributed by atoms with E-state index in [1.54, 1.807) is 0 Å². The first-order chi connectivity index (χ1) is 6.47. The van der Waals surface area contributed by atoms with Gasteiger partial charge < -0.3 is 4.90 Å². The van der Waals surface area contributed by atoms with Crippen molar-refractivity contribution in [3.8, 4) is 0 Å². The number of likely N-dealkylation sites (tertiary alicyclic amines) is 1. The summed E-state index contributed by atoms with van der Waals surface area (Å²) in [6, 6.07) is 0. The second-order valence-electron chi connectivity index (χ2n) is 3.28. The lowest BCUT2D eigenvalue weighted by molar-refractivity contribution is -0.128. The number of rotatable bonds is 1. The molecule has 1 rings (SSSR count). The van der Waals surface area contributed by atoms with Gasteiger partial charge in [0.1, 0.15) is 5.88 Å². The van der Waals surface area contributed by atoms with E-state index in [1.807, 2.05) is 0 Å². The van der Waals surface area contributed by atoms with E-state index in [2.05, 4.69) is 0 Å². The largest absolute Gasteiger partial charge is 0.341 e. The Bertz CT molecular complexity index is 225. The van der Waals surface area contributed by atoms with E-state index < -0.39 is 24.4 Å². The molecule has 0 spiro atoms. The molecule has 0 aromatic rings. The first kappa shape index (κ1) is 11.6. The van der Waals surface area contributed by atoms with Crippen molar-refractivity contribution < 1.29 is 18.0 Å². The van der Waals surface area contributed by atoms with Crippen LogP contribution in [0, 0.1) is 0 Å². The summed E-state index contributed by atoms with van der Waals surface area (Å²) in [5.74, 6) is -3.99. The van der Waals surface area contributed by atoms with E-state index >= 15 is 0 Å². The Morgan fingerprint density at radius 1 is 1.50 bits per heavy atom. The summed E-state index contributed by atoms with van der Waals surface area (Å²) >= 11 is 5.27. The first-order valence-electron chi connectivity index (χ1n) is 4.33. The van der Waals surface area contributed by atoms with Gasteiger partial charge in [-0.1, -0.05) is 0 Å². The molecular weight excluding hydrogens is 219 g/mol. The fourth-order valence-corrected chi connectivity index (χ4v) is 1.54. The maximum atomic E-state index is 12.9. The topological polar surface area (TPSA) is 20.3 Å². The van der Waals surface area contributed by atoms with Crippen LogP contribution in [-0.4, -0.2) is 41.9 Å². The highest BCUT2D eigenvalue weighted by Gasteiger charge is 2.42. The Kier molecular flexibility index (Phi) is 3.64. The number of hydrogen-bond donors (Lipinski definition) is 0. The number of halogens is 4. The van der Waals surface area contributed by atoms with Gasteiger partial charge in [-0.2, -0.15) is 0 Å². The molecule has 2 nitrogen and oxygen atoms in total. The van der Waals surface area contributed by atoms with Crippen LogP contribution < -0.4 is 0 Å². The molecule has 0 radical (unpaired) electrons. The molecule has 1 amide bonds. The van der Waals surface area contributed by atoms with Crippen molar-refractivity contribution in [2.24, 2.45) is 0 Å². The second-order valence-corrected chi connectivity index (χ2v) is 3.55. The Morgan fingerprint density at radius 2 is 2.14 bits per heavy atom. The quantitative estimate of drug-likeness (QED) is 0.628. The van der Waals surface area contributed by atoms with Gasteiger partial charge in [-0.15, -0.1) is 11.6 Å². The maximum absolute atomic E-state index is 12.9. The molecule has 0 aromatic heterocycles. The van der Waals surface area contributed by atoms with Crippen molar-refractivity contribution in [2.45, 2.75) is 24.9 Å². The summed E-state index contributed by atoms with van der Waals surface area (Å²) in [5, 5.41) is 0. The number of carbonyl (C=O) groups is 1. The monoisotopic (exact) mass is 229 g/mol. The van der Waals surface area contributed by atoms with Gasteiger partial charge in [-0.05, 0) is 0 Å². The lowest BCUT2D eigenvalue weighted by Gasteiger charge is -2.18. The summed E-state index contributed by atoms with van der Waals surface area (Å²) in [7, 11) is 0. The van der Waals surface area contributed by atoms with Crippen molar-refractivity contribution in [3.63, 3.8) is 0 Å². The molecule has 1 heterocycles. The summed E-state index contributed by atoms with van der Waals surface area (Å²) in [4.78, 5) is 12.2. The zero-order chi connectivity index (χ0) is 10.8. The molecule has 1 saturated heterocycles. The summed E-state index contributed by atoms with van der Waals surface area (Å²) in [5.41, 5.74) is 0. The molecule has 1 unspecified atom stereocenters. The number of alkyl halides is 4.